The van der Waals surface area contributed by atoms with Gasteiger partial charge in [0.05, 0.1) is 23.7 Å². The predicted molar refractivity (Wildman–Crippen MR) is 125 cm³/mol. The Balaban J connectivity index is 1.18. The molecule has 2 N–H and O–H groups in total. The van der Waals surface area contributed by atoms with Crippen LogP contribution in [-0.2, 0) is 6.42 Å². The van der Waals surface area contributed by atoms with E-state index in [1.807, 2.05) is 12.3 Å². The number of hydrogen-bond acceptors (Lipinski definition) is 5. The van der Waals surface area contributed by atoms with Gasteiger partial charge in [-0.25, -0.2) is 4.79 Å². The molecule has 0 bridgehead atoms. The van der Waals surface area contributed by atoms with E-state index < -0.39 is 5.97 Å². The van der Waals surface area contributed by atoms with Crippen LogP contribution in [0.3, 0.4) is 0 Å². The molecule has 1 aliphatic rings. The number of benzene rings is 1. The van der Waals surface area contributed by atoms with Gasteiger partial charge in [-0.3, -0.25) is 9.88 Å². The number of carboxylic acid groups (broad SMARTS) is 1. The molecule has 0 spiro atoms. The maximum Gasteiger partial charge on any atom is 0.339 e. The summed E-state index contributed by atoms with van der Waals surface area (Å²) in [6, 6.07) is 10.9. The second-order valence-electron chi connectivity index (χ2n) is 8.50. The molecule has 5 rings (SSSR count). The number of nitrogens with one attached hydrogen (secondary N) is 1. The molecule has 0 unspecified atom stereocenters. The molecule has 0 amide bonds. The third-order valence-electron chi connectivity index (χ3n) is 6.47. The monoisotopic (exact) mass is 445 g/mol. The Morgan fingerprint density at radius 3 is 2.85 bits per heavy atom. The summed E-state index contributed by atoms with van der Waals surface area (Å²) in [5, 5.41) is 10.5. The molecule has 1 saturated heterocycles. The van der Waals surface area contributed by atoms with E-state index in [0.717, 1.165) is 55.7 Å². The highest BCUT2D eigenvalue weighted by atomic mass is 16.5. The fourth-order valence-corrected chi connectivity index (χ4v) is 4.71. The predicted octanol–water partition coefficient (Wildman–Crippen LogP) is 4.70. The topological polar surface area (TPSA) is 91.6 Å². The second-order valence-corrected chi connectivity index (χ2v) is 8.50. The molecule has 4 aromatic rings. The first kappa shape index (κ1) is 21.3. The zero-order valence-corrected chi connectivity index (χ0v) is 18.4. The van der Waals surface area contributed by atoms with Crippen molar-refractivity contribution in [1.82, 2.24) is 14.9 Å². The van der Waals surface area contributed by atoms with Gasteiger partial charge in [0.25, 0.3) is 0 Å². The Kier molecular flexibility index (Phi) is 6.13. The minimum atomic E-state index is -0.965. The molecule has 1 aliphatic heterocycles. The molecular weight excluding hydrogens is 418 g/mol. The van der Waals surface area contributed by atoms with E-state index in [9.17, 15) is 9.90 Å². The lowest BCUT2D eigenvalue weighted by atomic mass is 9.89. The van der Waals surface area contributed by atoms with Crippen molar-refractivity contribution < 1.29 is 19.1 Å². The number of nitrogens with zero attached hydrogens (tertiary/aromatic N) is 2. The molecule has 4 heterocycles. The Bertz CT molecular complexity index is 1220. The number of fused-ring (bicyclic) bond motifs is 1. The second kappa shape index (κ2) is 9.50. The smallest absolute Gasteiger partial charge is 0.339 e. The van der Waals surface area contributed by atoms with E-state index >= 15 is 0 Å². The number of aromatic nitrogens is 2. The zero-order valence-electron chi connectivity index (χ0n) is 18.4. The van der Waals surface area contributed by atoms with Gasteiger partial charge < -0.3 is 19.2 Å². The summed E-state index contributed by atoms with van der Waals surface area (Å²) in [6.45, 7) is 3.25. The van der Waals surface area contributed by atoms with Gasteiger partial charge in [-0.2, -0.15) is 0 Å². The van der Waals surface area contributed by atoms with Crippen LogP contribution in [0.2, 0.25) is 0 Å². The van der Waals surface area contributed by atoms with E-state index in [1.54, 1.807) is 36.8 Å². The minimum Gasteiger partial charge on any atom is -0.491 e. The van der Waals surface area contributed by atoms with Crippen LogP contribution in [0.15, 0.2) is 65.7 Å². The molecule has 7 heteroatoms. The van der Waals surface area contributed by atoms with Gasteiger partial charge in [0.15, 0.2) is 0 Å². The van der Waals surface area contributed by atoms with E-state index in [2.05, 4.69) is 27.1 Å². The zero-order chi connectivity index (χ0) is 22.6. The molecule has 3 aromatic heterocycles. The molecule has 170 valence electrons. The first-order chi connectivity index (χ1) is 16.2. The summed E-state index contributed by atoms with van der Waals surface area (Å²) in [7, 11) is 0. The highest BCUT2D eigenvalue weighted by molar-refractivity contribution is 5.90. The van der Waals surface area contributed by atoms with E-state index in [1.165, 1.54) is 10.9 Å². The molecule has 0 atom stereocenters. The van der Waals surface area contributed by atoms with Crippen molar-refractivity contribution in [3.05, 3.63) is 83.7 Å². The third-order valence-corrected chi connectivity index (χ3v) is 6.47. The number of aromatic carboxylic acids is 1. The Morgan fingerprint density at radius 1 is 1.21 bits per heavy atom. The molecule has 0 saturated carbocycles. The summed E-state index contributed by atoms with van der Waals surface area (Å²) in [4.78, 5) is 21.8. The number of pyridine rings is 1. The van der Waals surface area contributed by atoms with Crippen molar-refractivity contribution in [2.45, 2.75) is 25.2 Å². The van der Waals surface area contributed by atoms with Gasteiger partial charge in [-0.1, -0.05) is 12.1 Å². The number of carboxylic acids is 1. The van der Waals surface area contributed by atoms with Gasteiger partial charge in [0.2, 0.25) is 0 Å². The van der Waals surface area contributed by atoms with Gasteiger partial charge in [-0.15, -0.1) is 0 Å². The van der Waals surface area contributed by atoms with Gasteiger partial charge in [0, 0.05) is 30.7 Å². The number of likely N-dealkylation sites (tertiary alicyclic amines) is 1. The molecule has 1 fully saturated rings. The summed E-state index contributed by atoms with van der Waals surface area (Å²) >= 11 is 0. The first-order valence-corrected chi connectivity index (χ1v) is 11.3. The maximum absolute atomic E-state index is 11.3. The fourth-order valence-electron chi connectivity index (χ4n) is 4.71. The Labute approximate surface area is 192 Å². The normalized spacial score (nSPS) is 15.2. The van der Waals surface area contributed by atoms with Gasteiger partial charge in [0.1, 0.15) is 17.9 Å². The lowest BCUT2D eigenvalue weighted by Crippen LogP contribution is -2.35. The molecule has 0 radical (unpaired) electrons. The maximum atomic E-state index is 11.3. The molecule has 1 aromatic carbocycles. The van der Waals surface area contributed by atoms with Crippen LogP contribution >= 0.6 is 0 Å². The van der Waals surface area contributed by atoms with Crippen LogP contribution in [0.25, 0.3) is 10.9 Å². The number of rotatable bonds is 8. The lowest BCUT2D eigenvalue weighted by Gasteiger charge is -2.31. The lowest BCUT2D eigenvalue weighted by molar-refractivity contribution is 0.0691. The SMILES string of the molecule is O=C(O)c1ccccc1OCCN1CCC(c2c[nH]c3c(Cc4ccoc4)nccc23)CC1. The number of carbonyl (C=O) groups is 1. The highest BCUT2D eigenvalue weighted by Gasteiger charge is 2.23. The van der Waals surface area contributed by atoms with Crippen molar-refractivity contribution in [2.24, 2.45) is 0 Å². The number of hydrogen-bond donors (Lipinski definition) is 2. The summed E-state index contributed by atoms with van der Waals surface area (Å²) in [5.74, 6) is -0.0281. The summed E-state index contributed by atoms with van der Waals surface area (Å²) < 4.78 is 11.0. The van der Waals surface area contributed by atoms with Crippen molar-refractivity contribution >= 4 is 16.9 Å². The van der Waals surface area contributed by atoms with Crippen molar-refractivity contribution in [3.8, 4) is 5.75 Å². The fraction of sp³-hybridized carbons (Fsp3) is 0.308. The number of aromatic amines is 1. The summed E-state index contributed by atoms with van der Waals surface area (Å²) in [5.41, 5.74) is 4.84. The van der Waals surface area contributed by atoms with Crippen molar-refractivity contribution in [3.63, 3.8) is 0 Å². The van der Waals surface area contributed by atoms with Gasteiger partial charge in [-0.05, 0) is 67.2 Å². The van der Waals surface area contributed by atoms with Crippen LogP contribution < -0.4 is 4.74 Å². The molecular formula is C26H27N3O4. The molecule has 33 heavy (non-hydrogen) atoms. The number of H-pyrrole nitrogens is 1. The molecule has 7 nitrogen and oxygen atoms in total. The van der Waals surface area contributed by atoms with Crippen LogP contribution in [0.1, 0.15) is 45.9 Å². The summed E-state index contributed by atoms with van der Waals surface area (Å²) in [6.07, 6.45) is 10.4. The number of para-hydroxylation sites is 1. The van der Waals surface area contributed by atoms with Crippen LogP contribution in [0, 0.1) is 0 Å². The minimum absolute atomic E-state index is 0.206. The van der Waals surface area contributed by atoms with Gasteiger partial charge >= 0.3 is 5.97 Å². The number of ether oxygens (including phenoxy) is 1. The third kappa shape index (κ3) is 4.64. The van der Waals surface area contributed by atoms with E-state index in [0.29, 0.717) is 18.3 Å². The van der Waals surface area contributed by atoms with E-state index in [-0.39, 0.29) is 5.56 Å². The Hall–Kier alpha value is -3.58. The van der Waals surface area contributed by atoms with Crippen LogP contribution in [-0.4, -0.2) is 52.2 Å². The first-order valence-electron chi connectivity index (χ1n) is 11.3. The van der Waals surface area contributed by atoms with E-state index in [4.69, 9.17) is 9.15 Å². The van der Waals surface area contributed by atoms with Crippen LogP contribution in [0.4, 0.5) is 0 Å². The van der Waals surface area contributed by atoms with Crippen LogP contribution in [0.5, 0.6) is 5.75 Å². The van der Waals surface area contributed by atoms with Crippen molar-refractivity contribution in [1.29, 1.82) is 0 Å². The van der Waals surface area contributed by atoms with Crippen molar-refractivity contribution in [2.75, 3.05) is 26.2 Å². The average Bonchev–Trinajstić information content (AvgIpc) is 3.50. The Morgan fingerprint density at radius 2 is 2.06 bits per heavy atom. The largest absolute Gasteiger partial charge is 0.491 e. The number of piperidine rings is 1. The standard InChI is InChI=1S/C26H27N3O4/c30-26(31)21-3-1-2-4-24(21)33-14-12-29-10-6-19(7-11-29)22-16-28-25-20(22)5-9-27-23(25)15-18-8-13-32-17-18/h1-5,8-9,13,16-17,19,28H,6-7,10-12,14-15H2,(H,30,31). The number of furan rings is 1. The average molecular weight is 446 g/mol. The quantitative estimate of drug-likeness (QED) is 0.408. The molecule has 0 aliphatic carbocycles. The highest BCUT2D eigenvalue weighted by Crippen LogP contribution is 2.34.